The van der Waals surface area contributed by atoms with E-state index in [1.165, 1.54) is 4.31 Å². The molecule has 0 bridgehead atoms. The molecule has 1 saturated heterocycles. The minimum absolute atomic E-state index is 0.218. The van der Waals surface area contributed by atoms with Crippen molar-refractivity contribution in [3.63, 3.8) is 0 Å². The lowest BCUT2D eigenvalue weighted by Gasteiger charge is -2.15. The highest BCUT2D eigenvalue weighted by atomic mass is 32.2. The van der Waals surface area contributed by atoms with Crippen molar-refractivity contribution < 1.29 is 12.8 Å². The summed E-state index contributed by atoms with van der Waals surface area (Å²) in [6, 6.07) is 8.82. The summed E-state index contributed by atoms with van der Waals surface area (Å²) in [4.78, 5) is 4.46. The molecule has 0 radical (unpaired) electrons. The number of hydrogen-bond donors (Lipinski definition) is 1. The van der Waals surface area contributed by atoms with Crippen LogP contribution in [0.3, 0.4) is 0 Å². The summed E-state index contributed by atoms with van der Waals surface area (Å²) in [5.41, 5.74) is 0.858. The molecule has 1 aliphatic carbocycles. The van der Waals surface area contributed by atoms with Gasteiger partial charge in [0.15, 0.2) is 0 Å². The number of hydrogen-bond acceptors (Lipinski definition) is 6. The molecule has 2 aliphatic rings. The Morgan fingerprint density at radius 3 is 2.48 bits per heavy atom. The molecule has 1 N–H and O–H groups in total. The summed E-state index contributed by atoms with van der Waals surface area (Å²) < 4.78 is 32.3. The molecular formula is C17H18N4O3S. The molecule has 0 atom stereocenters. The van der Waals surface area contributed by atoms with Gasteiger partial charge in [-0.15, -0.1) is 0 Å². The van der Waals surface area contributed by atoms with Crippen molar-refractivity contribution in [3.05, 3.63) is 30.0 Å². The van der Waals surface area contributed by atoms with Crippen LogP contribution >= 0.6 is 0 Å². The fraction of sp³-hybridized carbons (Fsp3) is 0.412. The molecule has 1 saturated carbocycles. The van der Waals surface area contributed by atoms with Crippen molar-refractivity contribution >= 4 is 15.9 Å². The molecule has 25 heavy (non-hydrogen) atoms. The van der Waals surface area contributed by atoms with Gasteiger partial charge in [0.05, 0.1) is 4.90 Å². The molecule has 4 rings (SSSR count). The normalized spacial score (nSPS) is 18.2. The second-order valence-electron chi connectivity index (χ2n) is 6.36. The highest BCUT2D eigenvalue weighted by Crippen LogP contribution is 2.31. The van der Waals surface area contributed by atoms with E-state index in [9.17, 15) is 13.7 Å². The predicted molar refractivity (Wildman–Crippen MR) is 91.3 cm³/mol. The first-order chi connectivity index (χ1) is 12.1. The Hall–Kier alpha value is -2.37. The van der Waals surface area contributed by atoms with Crippen LogP contribution in [0.2, 0.25) is 0 Å². The monoisotopic (exact) mass is 358 g/mol. The van der Waals surface area contributed by atoms with Crippen molar-refractivity contribution in [3.8, 4) is 17.5 Å². The maximum atomic E-state index is 12.5. The van der Waals surface area contributed by atoms with E-state index < -0.39 is 10.0 Å². The third-order valence-electron chi connectivity index (χ3n) is 4.45. The quantitative estimate of drug-likeness (QED) is 0.882. The molecule has 8 heteroatoms. The second kappa shape index (κ2) is 6.17. The Morgan fingerprint density at radius 1 is 1.20 bits per heavy atom. The number of nitrogens with zero attached hydrogens (tertiary/aromatic N) is 3. The zero-order valence-corrected chi connectivity index (χ0v) is 14.4. The van der Waals surface area contributed by atoms with Crippen LogP contribution < -0.4 is 5.32 Å². The number of oxazole rings is 1. The number of nitrogens with one attached hydrogen (secondary N) is 1. The van der Waals surface area contributed by atoms with Gasteiger partial charge in [-0.2, -0.15) is 14.6 Å². The maximum absolute atomic E-state index is 12.5. The van der Waals surface area contributed by atoms with E-state index >= 15 is 0 Å². The fourth-order valence-electron chi connectivity index (χ4n) is 2.88. The van der Waals surface area contributed by atoms with E-state index in [2.05, 4.69) is 10.3 Å². The van der Waals surface area contributed by atoms with Crippen molar-refractivity contribution in [2.75, 3.05) is 18.4 Å². The lowest BCUT2D eigenvalue weighted by Crippen LogP contribution is -2.27. The third kappa shape index (κ3) is 3.13. The predicted octanol–water partition coefficient (Wildman–Crippen LogP) is 2.57. The van der Waals surface area contributed by atoms with Gasteiger partial charge in [-0.05, 0) is 49.9 Å². The van der Waals surface area contributed by atoms with Gasteiger partial charge in [0, 0.05) is 24.7 Å². The molecule has 1 aromatic carbocycles. The Morgan fingerprint density at radius 2 is 1.88 bits per heavy atom. The molecule has 7 nitrogen and oxygen atoms in total. The SMILES string of the molecule is N#Cc1nc(-c2ccc(S(=O)(=O)N3CCCC3)cc2)oc1NC1CC1. The average molecular weight is 358 g/mol. The second-order valence-corrected chi connectivity index (χ2v) is 8.30. The summed E-state index contributed by atoms with van der Waals surface area (Å²) in [5.74, 6) is 0.693. The maximum Gasteiger partial charge on any atom is 0.243 e. The number of anilines is 1. The van der Waals surface area contributed by atoms with Crippen LogP contribution in [0.25, 0.3) is 11.5 Å². The number of nitriles is 1. The summed E-state index contributed by atoms with van der Waals surface area (Å²) >= 11 is 0. The zero-order valence-electron chi connectivity index (χ0n) is 13.6. The van der Waals surface area contributed by atoms with Gasteiger partial charge in [0.1, 0.15) is 6.07 Å². The summed E-state index contributed by atoms with van der Waals surface area (Å²) in [5, 5.41) is 12.3. The number of aromatic nitrogens is 1. The van der Waals surface area contributed by atoms with Crippen molar-refractivity contribution in [2.45, 2.75) is 36.6 Å². The standard InChI is InChI=1S/C17H18N4O3S/c18-11-15-17(19-13-5-6-13)24-16(20-15)12-3-7-14(8-4-12)25(22,23)21-9-1-2-10-21/h3-4,7-8,13,19H,1-2,5-6,9-10H2. The Kier molecular flexibility index (Phi) is 3.98. The highest BCUT2D eigenvalue weighted by Gasteiger charge is 2.28. The molecular weight excluding hydrogens is 340 g/mol. The molecule has 130 valence electrons. The van der Waals surface area contributed by atoms with Crippen molar-refractivity contribution in [2.24, 2.45) is 0 Å². The van der Waals surface area contributed by atoms with Crippen LogP contribution in [0.4, 0.5) is 5.88 Å². The van der Waals surface area contributed by atoms with Gasteiger partial charge in [0.2, 0.25) is 27.5 Å². The van der Waals surface area contributed by atoms with Crippen LogP contribution in [0.5, 0.6) is 0 Å². The molecule has 2 heterocycles. The van der Waals surface area contributed by atoms with Crippen LogP contribution in [0.1, 0.15) is 31.4 Å². The minimum Gasteiger partial charge on any atom is -0.419 e. The first-order valence-corrected chi connectivity index (χ1v) is 9.80. The van der Waals surface area contributed by atoms with Gasteiger partial charge in [-0.1, -0.05) is 0 Å². The number of rotatable bonds is 5. The summed E-state index contributed by atoms with van der Waals surface area (Å²) in [6.45, 7) is 1.15. The number of sulfonamides is 1. The van der Waals surface area contributed by atoms with E-state index in [4.69, 9.17) is 4.42 Å². The smallest absolute Gasteiger partial charge is 0.243 e. The van der Waals surface area contributed by atoms with Crippen LogP contribution in [0.15, 0.2) is 33.6 Å². The highest BCUT2D eigenvalue weighted by molar-refractivity contribution is 7.89. The van der Waals surface area contributed by atoms with Gasteiger partial charge in [-0.25, -0.2) is 8.42 Å². The summed E-state index contributed by atoms with van der Waals surface area (Å²) in [7, 11) is -3.44. The van der Waals surface area contributed by atoms with Crippen LogP contribution in [0, 0.1) is 11.3 Å². The topological polar surface area (TPSA) is 99.2 Å². The molecule has 2 fully saturated rings. The van der Waals surface area contributed by atoms with Crippen molar-refractivity contribution in [1.29, 1.82) is 5.26 Å². The zero-order chi connectivity index (χ0) is 17.4. The lowest BCUT2D eigenvalue weighted by atomic mass is 10.2. The number of benzene rings is 1. The minimum atomic E-state index is -3.44. The molecule has 1 aliphatic heterocycles. The lowest BCUT2D eigenvalue weighted by molar-refractivity contribution is 0.477. The fourth-order valence-corrected chi connectivity index (χ4v) is 4.39. The van der Waals surface area contributed by atoms with Gasteiger partial charge < -0.3 is 9.73 Å². The first-order valence-electron chi connectivity index (χ1n) is 8.36. The molecule has 1 aromatic heterocycles. The Labute approximate surface area is 146 Å². The molecule has 2 aromatic rings. The van der Waals surface area contributed by atoms with Gasteiger partial charge in [-0.3, -0.25) is 0 Å². The Balaban J connectivity index is 1.60. The third-order valence-corrected chi connectivity index (χ3v) is 6.36. The largest absolute Gasteiger partial charge is 0.419 e. The molecule has 0 amide bonds. The van der Waals surface area contributed by atoms with E-state index in [0.29, 0.717) is 36.5 Å². The van der Waals surface area contributed by atoms with E-state index in [1.54, 1.807) is 24.3 Å². The van der Waals surface area contributed by atoms with E-state index in [0.717, 1.165) is 25.7 Å². The Bertz CT molecular complexity index is 918. The van der Waals surface area contributed by atoms with E-state index in [-0.39, 0.29) is 10.6 Å². The van der Waals surface area contributed by atoms with Gasteiger partial charge in [0.25, 0.3) is 0 Å². The van der Waals surface area contributed by atoms with E-state index in [1.807, 2.05) is 6.07 Å². The molecule has 0 spiro atoms. The van der Waals surface area contributed by atoms with Crippen LogP contribution in [-0.2, 0) is 10.0 Å². The van der Waals surface area contributed by atoms with Crippen LogP contribution in [-0.4, -0.2) is 36.8 Å². The summed E-state index contributed by atoms with van der Waals surface area (Å²) in [6.07, 6.45) is 3.93. The van der Waals surface area contributed by atoms with Gasteiger partial charge >= 0.3 is 0 Å². The average Bonchev–Trinajstić information content (AvgIpc) is 3.12. The van der Waals surface area contributed by atoms with Crippen molar-refractivity contribution in [1.82, 2.24) is 9.29 Å². The first kappa shape index (κ1) is 16.1. The molecule has 0 unspecified atom stereocenters.